The molecule has 0 atom stereocenters. The average Bonchev–Trinajstić information content (AvgIpc) is 2.78. The van der Waals surface area contributed by atoms with Gasteiger partial charge in [0.1, 0.15) is 17.1 Å². The Balaban J connectivity index is 1.79. The van der Waals surface area contributed by atoms with Crippen molar-refractivity contribution in [1.82, 2.24) is 0 Å². The summed E-state index contributed by atoms with van der Waals surface area (Å²) < 4.78 is 61.1. The Bertz CT molecular complexity index is 1370. The highest BCUT2D eigenvalue weighted by molar-refractivity contribution is 5.84. The third-order valence-corrected chi connectivity index (χ3v) is 4.60. The van der Waals surface area contributed by atoms with E-state index in [1.54, 1.807) is 18.2 Å². The summed E-state index contributed by atoms with van der Waals surface area (Å²) in [4.78, 5) is 24.1. The van der Waals surface area contributed by atoms with Crippen LogP contribution in [-0.2, 0) is 15.7 Å². The molecule has 0 aliphatic rings. The van der Waals surface area contributed by atoms with Crippen LogP contribution in [-0.4, -0.2) is 19.7 Å². The summed E-state index contributed by atoms with van der Waals surface area (Å²) in [6.07, 6.45) is -5.00. The lowest BCUT2D eigenvalue weighted by molar-refractivity contribution is -0.154. The standard InChI is InChI=1S/C23H15F3O6/c1-29-19(27)12-30-15-8-9-17-18(11-15)32-22(23(24,25)26)21(20(17)28)31-16-7-6-13-4-2-3-5-14(13)10-16/h2-11H,12H2,1H3. The fourth-order valence-corrected chi connectivity index (χ4v) is 3.08. The molecule has 1 heterocycles. The van der Waals surface area contributed by atoms with Gasteiger partial charge in [0.25, 0.3) is 5.76 Å². The molecule has 3 aromatic carbocycles. The molecule has 0 saturated heterocycles. The van der Waals surface area contributed by atoms with E-state index < -0.39 is 35.7 Å². The van der Waals surface area contributed by atoms with Crippen LogP contribution in [0.15, 0.2) is 69.9 Å². The molecule has 4 aromatic rings. The van der Waals surface area contributed by atoms with Crippen molar-refractivity contribution in [2.24, 2.45) is 0 Å². The van der Waals surface area contributed by atoms with Gasteiger partial charge >= 0.3 is 12.1 Å². The van der Waals surface area contributed by atoms with Crippen LogP contribution in [0.4, 0.5) is 13.2 Å². The zero-order valence-electron chi connectivity index (χ0n) is 16.6. The second-order valence-corrected chi connectivity index (χ2v) is 6.72. The molecule has 164 valence electrons. The van der Waals surface area contributed by atoms with E-state index >= 15 is 0 Å². The maximum atomic E-state index is 13.7. The summed E-state index contributed by atoms with van der Waals surface area (Å²) in [7, 11) is 1.16. The van der Waals surface area contributed by atoms with E-state index in [2.05, 4.69) is 4.74 Å². The highest BCUT2D eigenvalue weighted by Gasteiger charge is 2.40. The fourth-order valence-electron chi connectivity index (χ4n) is 3.08. The van der Waals surface area contributed by atoms with Crippen LogP contribution in [0, 0.1) is 0 Å². The molecule has 1 aromatic heterocycles. The number of carbonyl (C=O) groups excluding carboxylic acids is 1. The highest BCUT2D eigenvalue weighted by Crippen LogP contribution is 2.39. The molecule has 0 aliphatic carbocycles. The lowest BCUT2D eigenvalue weighted by Crippen LogP contribution is -2.16. The molecular formula is C23H15F3O6. The number of hydrogen-bond acceptors (Lipinski definition) is 6. The molecule has 0 unspecified atom stereocenters. The van der Waals surface area contributed by atoms with Gasteiger partial charge in [0, 0.05) is 6.07 Å². The number of rotatable bonds is 5. The summed E-state index contributed by atoms with van der Waals surface area (Å²) in [6, 6.07) is 15.5. The van der Waals surface area contributed by atoms with Gasteiger partial charge in [-0.3, -0.25) is 4.79 Å². The third kappa shape index (κ3) is 4.22. The quantitative estimate of drug-likeness (QED) is 0.389. The van der Waals surface area contributed by atoms with Crippen molar-refractivity contribution < 1.29 is 36.6 Å². The smallest absolute Gasteiger partial charge is 0.453 e. The van der Waals surface area contributed by atoms with E-state index in [9.17, 15) is 22.8 Å². The van der Waals surface area contributed by atoms with Gasteiger partial charge in [0.15, 0.2) is 6.61 Å². The predicted octanol–water partition coefficient (Wildman–Crippen LogP) is 5.31. The molecule has 0 amide bonds. The summed E-state index contributed by atoms with van der Waals surface area (Å²) in [5.74, 6) is -3.14. The Morgan fingerprint density at radius 2 is 1.69 bits per heavy atom. The number of halogens is 3. The number of hydrogen-bond donors (Lipinski definition) is 0. The SMILES string of the molecule is COC(=O)COc1ccc2c(=O)c(Oc3ccc4ccccc4c3)c(C(F)(F)F)oc2c1. The van der Waals surface area contributed by atoms with Gasteiger partial charge in [-0.15, -0.1) is 0 Å². The Morgan fingerprint density at radius 1 is 0.969 bits per heavy atom. The van der Waals surface area contributed by atoms with E-state index in [1.807, 2.05) is 12.1 Å². The Morgan fingerprint density at radius 3 is 2.41 bits per heavy atom. The minimum atomic E-state index is -5.00. The van der Waals surface area contributed by atoms with E-state index in [0.29, 0.717) is 0 Å². The van der Waals surface area contributed by atoms with E-state index in [-0.39, 0.29) is 22.5 Å². The molecule has 32 heavy (non-hydrogen) atoms. The van der Waals surface area contributed by atoms with Crippen molar-refractivity contribution in [3.05, 3.63) is 76.6 Å². The molecule has 9 heteroatoms. The maximum absolute atomic E-state index is 13.7. The van der Waals surface area contributed by atoms with Crippen LogP contribution in [0.25, 0.3) is 21.7 Å². The van der Waals surface area contributed by atoms with E-state index in [1.165, 1.54) is 24.3 Å². The predicted molar refractivity (Wildman–Crippen MR) is 109 cm³/mol. The number of ether oxygens (including phenoxy) is 3. The van der Waals surface area contributed by atoms with Gasteiger partial charge in [-0.25, -0.2) is 4.79 Å². The number of methoxy groups -OCH3 is 1. The molecule has 0 bridgehead atoms. The molecule has 6 nitrogen and oxygen atoms in total. The first kappa shape index (κ1) is 21.2. The Kier molecular flexibility index (Phi) is 5.48. The largest absolute Gasteiger partial charge is 0.482 e. The van der Waals surface area contributed by atoms with Crippen molar-refractivity contribution in [3.63, 3.8) is 0 Å². The third-order valence-electron chi connectivity index (χ3n) is 4.60. The van der Waals surface area contributed by atoms with Gasteiger partial charge in [-0.05, 0) is 35.0 Å². The Labute approximate surface area is 178 Å². The van der Waals surface area contributed by atoms with Gasteiger partial charge < -0.3 is 18.6 Å². The van der Waals surface area contributed by atoms with Crippen molar-refractivity contribution in [2.45, 2.75) is 6.18 Å². The van der Waals surface area contributed by atoms with Crippen LogP contribution in [0.3, 0.4) is 0 Å². The monoisotopic (exact) mass is 444 g/mol. The lowest BCUT2D eigenvalue weighted by Gasteiger charge is -2.14. The zero-order valence-corrected chi connectivity index (χ0v) is 16.6. The van der Waals surface area contributed by atoms with E-state index in [0.717, 1.165) is 23.9 Å². The van der Waals surface area contributed by atoms with Crippen molar-refractivity contribution >= 4 is 27.7 Å². The summed E-state index contributed by atoms with van der Waals surface area (Å²) in [5, 5.41) is 1.45. The number of carbonyl (C=O) groups is 1. The van der Waals surface area contributed by atoms with Gasteiger partial charge in [0.2, 0.25) is 11.2 Å². The summed E-state index contributed by atoms with van der Waals surface area (Å²) >= 11 is 0. The van der Waals surface area contributed by atoms with Crippen LogP contribution < -0.4 is 14.9 Å². The summed E-state index contributed by atoms with van der Waals surface area (Å²) in [6.45, 7) is -0.457. The van der Waals surface area contributed by atoms with Crippen molar-refractivity contribution in [1.29, 1.82) is 0 Å². The zero-order chi connectivity index (χ0) is 22.9. The molecule has 0 aliphatic heterocycles. The molecule has 0 saturated carbocycles. The Hall–Kier alpha value is -4.01. The number of alkyl halides is 3. The van der Waals surface area contributed by atoms with Crippen LogP contribution >= 0.6 is 0 Å². The average molecular weight is 444 g/mol. The maximum Gasteiger partial charge on any atom is 0.453 e. The van der Waals surface area contributed by atoms with Crippen molar-refractivity contribution in [3.8, 4) is 17.2 Å². The second-order valence-electron chi connectivity index (χ2n) is 6.72. The first-order valence-electron chi connectivity index (χ1n) is 9.30. The van der Waals surface area contributed by atoms with Crippen molar-refractivity contribution in [2.75, 3.05) is 13.7 Å². The molecule has 0 radical (unpaired) electrons. The first-order chi connectivity index (χ1) is 15.3. The number of benzene rings is 3. The van der Waals surface area contributed by atoms with Crippen LogP contribution in [0.1, 0.15) is 5.76 Å². The van der Waals surface area contributed by atoms with Gasteiger partial charge in [-0.1, -0.05) is 30.3 Å². The van der Waals surface area contributed by atoms with E-state index in [4.69, 9.17) is 13.9 Å². The molecule has 0 N–H and O–H groups in total. The normalized spacial score (nSPS) is 11.5. The molecule has 0 spiro atoms. The minimum absolute atomic E-state index is 0.0300. The van der Waals surface area contributed by atoms with Crippen LogP contribution in [0.2, 0.25) is 0 Å². The lowest BCUT2D eigenvalue weighted by atomic mass is 10.1. The van der Waals surface area contributed by atoms with Crippen LogP contribution in [0.5, 0.6) is 17.2 Å². The highest BCUT2D eigenvalue weighted by atomic mass is 19.4. The first-order valence-corrected chi connectivity index (χ1v) is 9.30. The topological polar surface area (TPSA) is 75.0 Å². The second kappa shape index (κ2) is 8.26. The number of esters is 1. The number of fused-ring (bicyclic) bond motifs is 2. The molecule has 4 rings (SSSR count). The van der Waals surface area contributed by atoms with Gasteiger partial charge in [0.05, 0.1) is 12.5 Å². The molecule has 0 fully saturated rings. The minimum Gasteiger partial charge on any atom is -0.482 e. The summed E-state index contributed by atoms with van der Waals surface area (Å²) in [5.41, 5.74) is -1.36. The fraction of sp³-hybridized carbons (Fsp3) is 0.130. The van der Waals surface area contributed by atoms with Gasteiger partial charge in [-0.2, -0.15) is 13.2 Å². The molecular weight excluding hydrogens is 429 g/mol.